The fraction of sp³-hybridized carbons (Fsp3) is 0.235. The van der Waals surface area contributed by atoms with Gasteiger partial charge in [0, 0.05) is 17.7 Å². The van der Waals surface area contributed by atoms with E-state index in [1.165, 1.54) is 24.3 Å². The largest absolute Gasteiger partial charge is 0.491 e. The Hall–Kier alpha value is -2.89. The Balaban J connectivity index is 1.93. The average molecular weight is 314 g/mol. The lowest BCUT2D eigenvalue weighted by atomic mass is 10.2. The summed E-state index contributed by atoms with van der Waals surface area (Å²) in [5, 5.41) is 13.5. The molecule has 1 atom stereocenters. The summed E-state index contributed by atoms with van der Waals surface area (Å²) >= 11 is 0. The van der Waals surface area contributed by atoms with Gasteiger partial charge < -0.3 is 10.1 Å². The topological polar surface area (TPSA) is 81.5 Å². The maximum atomic E-state index is 12.1. The van der Waals surface area contributed by atoms with Gasteiger partial charge in [-0.25, -0.2) is 0 Å². The molecule has 2 rings (SSSR count). The summed E-state index contributed by atoms with van der Waals surface area (Å²) in [6.45, 7) is 4.07. The molecule has 0 saturated carbocycles. The van der Waals surface area contributed by atoms with Crippen molar-refractivity contribution >= 4 is 11.6 Å². The number of nitro benzene ring substituents is 1. The fourth-order valence-corrected chi connectivity index (χ4v) is 2.04. The minimum absolute atomic E-state index is 0.110. The van der Waals surface area contributed by atoms with E-state index in [2.05, 4.69) is 5.32 Å². The van der Waals surface area contributed by atoms with Gasteiger partial charge in [-0.15, -0.1) is 0 Å². The van der Waals surface area contributed by atoms with Gasteiger partial charge in [-0.2, -0.15) is 0 Å². The minimum Gasteiger partial charge on any atom is -0.491 e. The lowest BCUT2D eigenvalue weighted by Gasteiger charge is -2.16. The summed E-state index contributed by atoms with van der Waals surface area (Å²) in [6.07, 6.45) is 0. The highest BCUT2D eigenvalue weighted by Gasteiger charge is 2.14. The number of amides is 1. The molecule has 0 spiro atoms. The van der Waals surface area contributed by atoms with Gasteiger partial charge in [0.25, 0.3) is 11.6 Å². The zero-order valence-corrected chi connectivity index (χ0v) is 13.0. The van der Waals surface area contributed by atoms with Crippen molar-refractivity contribution in [2.24, 2.45) is 0 Å². The van der Waals surface area contributed by atoms with Crippen molar-refractivity contribution < 1.29 is 14.5 Å². The van der Waals surface area contributed by atoms with Gasteiger partial charge in [-0.05, 0) is 31.5 Å². The number of hydrogen-bond acceptors (Lipinski definition) is 4. The second-order valence-electron chi connectivity index (χ2n) is 5.26. The SMILES string of the molecule is Cc1ccccc1OC[C@H](C)NC(=O)c1cccc([N+](=O)[O-])c1. The first kappa shape index (κ1) is 16.5. The van der Waals surface area contributed by atoms with E-state index in [1.54, 1.807) is 0 Å². The van der Waals surface area contributed by atoms with Gasteiger partial charge in [0.15, 0.2) is 0 Å². The molecule has 1 amide bonds. The minimum atomic E-state index is -0.526. The summed E-state index contributed by atoms with van der Waals surface area (Å²) in [6, 6.07) is 13.0. The number of nitrogens with one attached hydrogen (secondary N) is 1. The number of hydrogen-bond donors (Lipinski definition) is 1. The van der Waals surface area contributed by atoms with Crippen molar-refractivity contribution in [3.8, 4) is 5.75 Å². The highest BCUT2D eigenvalue weighted by molar-refractivity contribution is 5.94. The Bertz CT molecular complexity index is 715. The van der Waals surface area contributed by atoms with Gasteiger partial charge in [-0.3, -0.25) is 14.9 Å². The first-order valence-corrected chi connectivity index (χ1v) is 7.21. The smallest absolute Gasteiger partial charge is 0.270 e. The number of nitrogens with zero attached hydrogens (tertiary/aromatic N) is 1. The lowest BCUT2D eigenvalue weighted by Crippen LogP contribution is -2.36. The Morgan fingerprint density at radius 3 is 2.70 bits per heavy atom. The Morgan fingerprint density at radius 2 is 2.00 bits per heavy atom. The van der Waals surface area contributed by atoms with E-state index < -0.39 is 4.92 Å². The van der Waals surface area contributed by atoms with Crippen LogP contribution in [0, 0.1) is 17.0 Å². The maximum absolute atomic E-state index is 12.1. The molecular weight excluding hydrogens is 296 g/mol. The van der Waals surface area contributed by atoms with Gasteiger partial charge in [-0.1, -0.05) is 24.3 Å². The molecule has 23 heavy (non-hydrogen) atoms. The van der Waals surface area contributed by atoms with Gasteiger partial charge >= 0.3 is 0 Å². The molecule has 2 aromatic rings. The third kappa shape index (κ3) is 4.54. The number of nitro groups is 1. The van der Waals surface area contributed by atoms with Gasteiger partial charge in [0.05, 0.1) is 11.0 Å². The van der Waals surface area contributed by atoms with Crippen LogP contribution in [0.1, 0.15) is 22.8 Å². The molecule has 0 saturated heterocycles. The predicted molar refractivity (Wildman–Crippen MR) is 86.7 cm³/mol. The molecule has 6 nitrogen and oxygen atoms in total. The molecule has 1 N–H and O–H groups in total. The van der Waals surface area contributed by atoms with E-state index in [4.69, 9.17) is 4.74 Å². The summed E-state index contributed by atoms with van der Waals surface area (Å²) in [5.41, 5.74) is 1.16. The summed E-state index contributed by atoms with van der Waals surface area (Å²) in [4.78, 5) is 22.3. The number of carbonyl (C=O) groups excluding carboxylic acids is 1. The molecule has 2 aromatic carbocycles. The van der Waals surface area contributed by atoms with Crippen LogP contribution in [0.5, 0.6) is 5.75 Å². The highest BCUT2D eigenvalue weighted by Crippen LogP contribution is 2.16. The molecule has 0 aliphatic rings. The van der Waals surface area contributed by atoms with Crippen LogP contribution in [0.15, 0.2) is 48.5 Å². The molecule has 0 aromatic heterocycles. The van der Waals surface area contributed by atoms with E-state index in [-0.39, 0.29) is 23.2 Å². The van der Waals surface area contributed by atoms with Crippen molar-refractivity contribution in [1.82, 2.24) is 5.32 Å². The molecule has 6 heteroatoms. The molecule has 0 heterocycles. The zero-order chi connectivity index (χ0) is 16.8. The number of ether oxygens (including phenoxy) is 1. The van der Waals surface area contributed by atoms with Crippen molar-refractivity contribution in [3.63, 3.8) is 0 Å². The van der Waals surface area contributed by atoms with Crippen LogP contribution in [-0.4, -0.2) is 23.5 Å². The first-order chi connectivity index (χ1) is 11.0. The van der Waals surface area contributed by atoms with Gasteiger partial charge in [0.1, 0.15) is 12.4 Å². The Labute approximate surface area is 134 Å². The quantitative estimate of drug-likeness (QED) is 0.656. The molecule has 0 radical (unpaired) electrons. The van der Waals surface area contributed by atoms with Crippen molar-refractivity contribution in [1.29, 1.82) is 0 Å². The summed E-state index contributed by atoms with van der Waals surface area (Å²) < 4.78 is 5.67. The second-order valence-corrected chi connectivity index (χ2v) is 5.26. The number of rotatable bonds is 6. The number of carbonyl (C=O) groups is 1. The van der Waals surface area contributed by atoms with Gasteiger partial charge in [0.2, 0.25) is 0 Å². The first-order valence-electron chi connectivity index (χ1n) is 7.21. The highest BCUT2D eigenvalue weighted by atomic mass is 16.6. The summed E-state index contributed by atoms with van der Waals surface area (Å²) in [7, 11) is 0. The maximum Gasteiger partial charge on any atom is 0.270 e. The van der Waals surface area contributed by atoms with Crippen LogP contribution in [0.3, 0.4) is 0 Å². The molecule has 0 aliphatic heterocycles. The molecule has 0 aliphatic carbocycles. The van der Waals surface area contributed by atoms with Crippen LogP contribution in [0.4, 0.5) is 5.69 Å². The van der Waals surface area contributed by atoms with E-state index in [1.807, 2.05) is 38.1 Å². The Kier molecular flexibility index (Phi) is 5.30. The van der Waals surface area contributed by atoms with Crippen LogP contribution >= 0.6 is 0 Å². The standard InChI is InChI=1S/C17H18N2O4/c1-12-6-3-4-9-16(12)23-11-13(2)18-17(20)14-7-5-8-15(10-14)19(21)22/h3-10,13H,11H2,1-2H3,(H,18,20)/t13-/m0/s1. The Morgan fingerprint density at radius 1 is 1.26 bits per heavy atom. The van der Waals surface area contributed by atoms with E-state index in [9.17, 15) is 14.9 Å². The lowest BCUT2D eigenvalue weighted by molar-refractivity contribution is -0.384. The van der Waals surface area contributed by atoms with E-state index in [0.717, 1.165) is 11.3 Å². The van der Waals surface area contributed by atoms with Crippen LogP contribution in [0.25, 0.3) is 0 Å². The van der Waals surface area contributed by atoms with Crippen molar-refractivity contribution in [2.45, 2.75) is 19.9 Å². The third-order valence-corrected chi connectivity index (χ3v) is 3.28. The average Bonchev–Trinajstić information content (AvgIpc) is 2.54. The number of benzene rings is 2. The molecule has 0 bridgehead atoms. The summed E-state index contributed by atoms with van der Waals surface area (Å²) in [5.74, 6) is 0.401. The number of aryl methyl sites for hydroxylation is 1. The van der Waals surface area contributed by atoms with Crippen molar-refractivity contribution in [2.75, 3.05) is 6.61 Å². The fourth-order valence-electron chi connectivity index (χ4n) is 2.04. The second kappa shape index (κ2) is 7.40. The molecule has 120 valence electrons. The predicted octanol–water partition coefficient (Wildman–Crippen LogP) is 3.10. The van der Waals surface area contributed by atoms with E-state index >= 15 is 0 Å². The molecule has 0 fully saturated rings. The monoisotopic (exact) mass is 314 g/mol. The third-order valence-electron chi connectivity index (χ3n) is 3.28. The zero-order valence-electron chi connectivity index (χ0n) is 13.0. The van der Waals surface area contributed by atoms with Crippen LogP contribution in [-0.2, 0) is 0 Å². The number of para-hydroxylation sites is 1. The molecular formula is C17H18N2O4. The van der Waals surface area contributed by atoms with Crippen LogP contribution in [0.2, 0.25) is 0 Å². The normalized spacial score (nSPS) is 11.6. The van der Waals surface area contributed by atoms with E-state index in [0.29, 0.717) is 6.61 Å². The van der Waals surface area contributed by atoms with Crippen LogP contribution < -0.4 is 10.1 Å². The van der Waals surface area contributed by atoms with Crippen molar-refractivity contribution in [3.05, 3.63) is 69.8 Å². The number of non-ortho nitro benzene ring substituents is 1. The molecule has 0 unspecified atom stereocenters.